The van der Waals surface area contributed by atoms with Gasteiger partial charge in [0.1, 0.15) is 11.4 Å². The summed E-state index contributed by atoms with van der Waals surface area (Å²) in [5.74, 6) is 0.847. The van der Waals surface area contributed by atoms with Gasteiger partial charge in [-0.15, -0.1) is 0 Å². The molecule has 0 N–H and O–H groups in total. The van der Waals surface area contributed by atoms with Crippen molar-refractivity contribution in [1.82, 2.24) is 14.4 Å². The molecule has 1 aliphatic heterocycles. The first kappa shape index (κ1) is 23.5. The van der Waals surface area contributed by atoms with Gasteiger partial charge in [0.15, 0.2) is 0 Å². The molecular formula is C29H30ClN3O2. The second kappa shape index (κ2) is 10.5. The maximum absolute atomic E-state index is 13.8. The van der Waals surface area contributed by atoms with E-state index in [1.165, 1.54) is 5.56 Å². The fourth-order valence-corrected chi connectivity index (χ4v) is 4.99. The summed E-state index contributed by atoms with van der Waals surface area (Å²) in [6, 6.07) is 26.3. The molecular weight excluding hydrogens is 458 g/mol. The quantitative estimate of drug-likeness (QED) is 0.335. The van der Waals surface area contributed by atoms with Crippen LogP contribution >= 0.6 is 11.6 Å². The lowest BCUT2D eigenvalue weighted by Gasteiger charge is -2.35. The lowest BCUT2D eigenvalue weighted by molar-refractivity contribution is 0.0619. The topological polar surface area (TPSA) is 37.7 Å². The van der Waals surface area contributed by atoms with Crippen LogP contribution in [0.2, 0.25) is 5.02 Å². The van der Waals surface area contributed by atoms with Gasteiger partial charge < -0.3 is 14.2 Å². The first-order valence-corrected chi connectivity index (χ1v) is 12.6. The van der Waals surface area contributed by atoms with E-state index in [1.807, 2.05) is 66.4 Å². The second-order valence-corrected chi connectivity index (χ2v) is 9.29. The van der Waals surface area contributed by atoms with Gasteiger partial charge in [-0.05, 0) is 42.3 Å². The lowest BCUT2D eigenvalue weighted by atomic mass is 10.2. The van der Waals surface area contributed by atoms with Crippen molar-refractivity contribution in [2.24, 2.45) is 0 Å². The number of hydrogen-bond donors (Lipinski definition) is 0. The van der Waals surface area contributed by atoms with Crippen molar-refractivity contribution >= 4 is 28.4 Å². The Morgan fingerprint density at radius 2 is 1.63 bits per heavy atom. The summed E-state index contributed by atoms with van der Waals surface area (Å²) in [6.45, 7) is 7.10. The summed E-state index contributed by atoms with van der Waals surface area (Å²) in [6.07, 6.45) is 0. The van der Waals surface area contributed by atoms with Crippen LogP contribution in [0.3, 0.4) is 0 Å². The zero-order valence-corrected chi connectivity index (χ0v) is 20.7. The molecule has 5 rings (SSSR count). The number of rotatable bonds is 7. The highest BCUT2D eigenvalue weighted by molar-refractivity contribution is 6.31. The number of fused-ring (bicyclic) bond motifs is 1. The Morgan fingerprint density at radius 1 is 0.886 bits per heavy atom. The molecule has 0 unspecified atom stereocenters. The minimum absolute atomic E-state index is 0.0510. The smallest absolute Gasteiger partial charge is 0.270 e. The number of carbonyl (C=O) groups is 1. The van der Waals surface area contributed by atoms with E-state index in [9.17, 15) is 4.79 Å². The molecule has 180 valence electrons. The van der Waals surface area contributed by atoms with Gasteiger partial charge in [-0.3, -0.25) is 9.69 Å². The van der Waals surface area contributed by atoms with Crippen molar-refractivity contribution in [3.05, 3.63) is 101 Å². The minimum Gasteiger partial charge on any atom is -0.493 e. The van der Waals surface area contributed by atoms with Crippen LogP contribution < -0.4 is 4.74 Å². The number of aromatic nitrogens is 1. The summed E-state index contributed by atoms with van der Waals surface area (Å²) in [5.41, 5.74) is 3.93. The summed E-state index contributed by atoms with van der Waals surface area (Å²) >= 11 is 6.50. The number of halogens is 1. The van der Waals surface area contributed by atoms with E-state index in [0.717, 1.165) is 41.9 Å². The highest BCUT2D eigenvalue weighted by Crippen LogP contribution is 2.31. The maximum atomic E-state index is 13.8. The van der Waals surface area contributed by atoms with Crippen LogP contribution in [0.1, 0.15) is 28.5 Å². The largest absolute Gasteiger partial charge is 0.493 e. The monoisotopic (exact) mass is 487 g/mol. The predicted molar refractivity (Wildman–Crippen MR) is 141 cm³/mol. The number of amides is 1. The zero-order chi connectivity index (χ0) is 24.2. The average molecular weight is 488 g/mol. The molecule has 1 saturated heterocycles. The molecule has 0 bridgehead atoms. The van der Waals surface area contributed by atoms with Gasteiger partial charge in [0, 0.05) is 49.7 Å². The lowest BCUT2D eigenvalue weighted by Crippen LogP contribution is -2.48. The third-order valence-electron chi connectivity index (χ3n) is 6.62. The fourth-order valence-electron chi connectivity index (χ4n) is 4.80. The summed E-state index contributed by atoms with van der Waals surface area (Å²) < 4.78 is 7.97. The van der Waals surface area contributed by atoms with E-state index in [4.69, 9.17) is 16.3 Å². The number of piperazine rings is 1. The van der Waals surface area contributed by atoms with Gasteiger partial charge in [0.25, 0.3) is 5.91 Å². The molecule has 0 radical (unpaired) electrons. The van der Waals surface area contributed by atoms with E-state index in [0.29, 0.717) is 37.0 Å². The molecule has 1 amide bonds. The molecule has 0 saturated carbocycles. The number of nitrogens with zero attached hydrogens (tertiary/aromatic N) is 3. The third-order valence-corrected chi connectivity index (χ3v) is 6.99. The SMILES string of the molecule is CCOc1cccc2c1cc(C(=O)N1CCN(Cc3ccccc3)CC1)n2Cc1ccccc1Cl. The highest BCUT2D eigenvalue weighted by atomic mass is 35.5. The van der Waals surface area contributed by atoms with Crippen molar-refractivity contribution in [3.63, 3.8) is 0 Å². The van der Waals surface area contributed by atoms with Crippen LogP contribution in [0.4, 0.5) is 0 Å². The highest BCUT2D eigenvalue weighted by Gasteiger charge is 2.26. The van der Waals surface area contributed by atoms with Gasteiger partial charge in [0.05, 0.1) is 12.1 Å². The molecule has 35 heavy (non-hydrogen) atoms. The predicted octanol–water partition coefficient (Wildman–Crippen LogP) is 5.70. The molecule has 1 fully saturated rings. The molecule has 1 aromatic heterocycles. The van der Waals surface area contributed by atoms with Crippen LogP contribution in [-0.4, -0.2) is 53.1 Å². The molecule has 0 aliphatic carbocycles. The number of ether oxygens (including phenoxy) is 1. The second-order valence-electron chi connectivity index (χ2n) is 8.88. The van der Waals surface area contributed by atoms with E-state index in [1.54, 1.807) is 0 Å². The van der Waals surface area contributed by atoms with Gasteiger partial charge in [-0.25, -0.2) is 0 Å². The third kappa shape index (κ3) is 5.07. The Bertz CT molecular complexity index is 1310. The van der Waals surface area contributed by atoms with Gasteiger partial charge >= 0.3 is 0 Å². The van der Waals surface area contributed by atoms with E-state index in [-0.39, 0.29) is 5.91 Å². The Kier molecular flexibility index (Phi) is 7.07. The van der Waals surface area contributed by atoms with Gasteiger partial charge in [0.2, 0.25) is 0 Å². The van der Waals surface area contributed by atoms with Crippen LogP contribution in [0, 0.1) is 0 Å². The first-order valence-electron chi connectivity index (χ1n) is 12.2. The fraction of sp³-hybridized carbons (Fsp3) is 0.276. The Morgan fingerprint density at radius 3 is 2.37 bits per heavy atom. The Hall–Kier alpha value is -3.28. The zero-order valence-electron chi connectivity index (χ0n) is 20.0. The van der Waals surface area contributed by atoms with Crippen molar-refractivity contribution in [1.29, 1.82) is 0 Å². The standard InChI is InChI=1S/C29H30ClN3O2/c1-2-35-28-14-8-13-26-24(28)19-27(33(26)21-23-11-6-7-12-25(23)30)29(34)32-17-15-31(16-18-32)20-22-9-4-3-5-10-22/h3-14,19H,2,15-18,20-21H2,1H3. The Labute approximate surface area is 211 Å². The molecule has 0 spiro atoms. The number of carbonyl (C=O) groups excluding carboxylic acids is 1. The van der Waals surface area contributed by atoms with Gasteiger partial charge in [-0.2, -0.15) is 0 Å². The van der Waals surface area contributed by atoms with Crippen LogP contribution in [0.15, 0.2) is 78.9 Å². The van der Waals surface area contributed by atoms with E-state index < -0.39 is 0 Å². The van der Waals surface area contributed by atoms with Crippen LogP contribution in [0.5, 0.6) is 5.75 Å². The summed E-state index contributed by atoms with van der Waals surface area (Å²) in [7, 11) is 0. The summed E-state index contributed by atoms with van der Waals surface area (Å²) in [5, 5.41) is 1.65. The molecule has 4 aromatic rings. The molecule has 5 nitrogen and oxygen atoms in total. The van der Waals surface area contributed by atoms with Crippen LogP contribution in [0.25, 0.3) is 10.9 Å². The van der Waals surface area contributed by atoms with Crippen molar-refractivity contribution in [2.45, 2.75) is 20.0 Å². The van der Waals surface area contributed by atoms with Gasteiger partial charge in [-0.1, -0.05) is 66.2 Å². The van der Waals surface area contributed by atoms with E-state index >= 15 is 0 Å². The van der Waals surface area contributed by atoms with Crippen LogP contribution in [-0.2, 0) is 13.1 Å². The first-order chi connectivity index (χ1) is 17.1. The molecule has 3 aromatic carbocycles. The minimum atomic E-state index is 0.0510. The molecule has 2 heterocycles. The molecule has 0 atom stereocenters. The van der Waals surface area contributed by atoms with Crippen molar-refractivity contribution < 1.29 is 9.53 Å². The average Bonchev–Trinajstić information content (AvgIpc) is 3.25. The number of hydrogen-bond acceptors (Lipinski definition) is 3. The maximum Gasteiger partial charge on any atom is 0.270 e. The number of benzene rings is 3. The van der Waals surface area contributed by atoms with E-state index in [2.05, 4.69) is 33.7 Å². The van der Waals surface area contributed by atoms with Crippen molar-refractivity contribution in [2.75, 3.05) is 32.8 Å². The van der Waals surface area contributed by atoms with Crippen molar-refractivity contribution in [3.8, 4) is 5.75 Å². The molecule has 6 heteroatoms. The Balaban J connectivity index is 1.42. The normalized spacial score (nSPS) is 14.4. The summed E-state index contributed by atoms with van der Waals surface area (Å²) in [4.78, 5) is 18.2. The molecule has 1 aliphatic rings.